The molecule has 7 heteroatoms. The minimum Gasteiger partial charge on any atom is -0.344 e. The van der Waals surface area contributed by atoms with Crippen molar-refractivity contribution < 1.29 is 9.59 Å². The number of aryl methyl sites for hydroxylation is 1. The normalized spacial score (nSPS) is 14.5. The van der Waals surface area contributed by atoms with Crippen molar-refractivity contribution in [2.24, 2.45) is 4.99 Å². The van der Waals surface area contributed by atoms with Gasteiger partial charge < -0.3 is 4.90 Å². The van der Waals surface area contributed by atoms with E-state index in [2.05, 4.69) is 31.0 Å². The van der Waals surface area contributed by atoms with Crippen molar-refractivity contribution in [3.05, 3.63) is 70.9 Å². The lowest BCUT2D eigenvalue weighted by atomic mass is 10.0. The van der Waals surface area contributed by atoms with Crippen LogP contribution in [0.4, 0.5) is 5.69 Å². The summed E-state index contributed by atoms with van der Waals surface area (Å²) in [6, 6.07) is 17.8. The number of rotatable bonds is 7. The predicted molar refractivity (Wildman–Crippen MR) is 135 cm³/mol. The van der Waals surface area contributed by atoms with Crippen molar-refractivity contribution in [3.63, 3.8) is 0 Å². The fourth-order valence-corrected chi connectivity index (χ4v) is 4.18. The molecule has 3 rings (SSSR count). The quantitative estimate of drug-likeness (QED) is 0.547. The number of hydrogen-bond donors (Lipinski definition) is 0. The molecule has 0 aromatic heterocycles. The number of amides is 2. The highest BCUT2D eigenvalue weighted by atomic mass is 32.2. The number of thioether (sulfide) groups is 1. The Hall–Kier alpha value is -3.37. The molecule has 2 aromatic rings. The number of carbonyl (C=O) groups excluding carboxylic acids is 2. The Labute approximate surface area is 199 Å². The second-order valence-electron chi connectivity index (χ2n) is 8.23. The van der Waals surface area contributed by atoms with E-state index >= 15 is 0 Å². The molecule has 33 heavy (non-hydrogen) atoms. The highest BCUT2D eigenvalue weighted by molar-refractivity contribution is 8.14. The van der Waals surface area contributed by atoms with E-state index in [1.807, 2.05) is 49.4 Å². The van der Waals surface area contributed by atoms with Crippen LogP contribution in [0.1, 0.15) is 42.9 Å². The summed E-state index contributed by atoms with van der Waals surface area (Å²) in [4.78, 5) is 33.4. The Morgan fingerprint density at radius 3 is 2.45 bits per heavy atom. The number of nitriles is 1. The zero-order valence-corrected chi connectivity index (χ0v) is 20.2. The Morgan fingerprint density at radius 2 is 1.85 bits per heavy atom. The number of aliphatic imine (C=N–C) groups is 1. The predicted octanol–water partition coefficient (Wildman–Crippen LogP) is 4.97. The third kappa shape index (κ3) is 6.11. The van der Waals surface area contributed by atoms with E-state index in [1.54, 1.807) is 18.0 Å². The lowest BCUT2D eigenvalue weighted by Crippen LogP contribution is -2.33. The van der Waals surface area contributed by atoms with Crippen LogP contribution >= 0.6 is 11.8 Å². The topological polar surface area (TPSA) is 76.8 Å². The number of hydrogen-bond acceptors (Lipinski definition) is 5. The van der Waals surface area contributed by atoms with E-state index in [9.17, 15) is 9.59 Å². The zero-order valence-electron chi connectivity index (χ0n) is 19.4. The van der Waals surface area contributed by atoms with Gasteiger partial charge in [-0.3, -0.25) is 14.5 Å². The Morgan fingerprint density at radius 1 is 1.18 bits per heavy atom. The fourth-order valence-electron chi connectivity index (χ4n) is 3.23. The highest BCUT2D eigenvalue weighted by Gasteiger charge is 2.32. The van der Waals surface area contributed by atoms with Crippen molar-refractivity contribution in [2.45, 2.75) is 33.1 Å². The molecule has 1 heterocycles. The first kappa shape index (κ1) is 24.3. The average Bonchev–Trinajstić information content (AvgIpc) is 3.11. The fraction of sp³-hybridized carbons (Fsp3) is 0.308. The van der Waals surface area contributed by atoms with Gasteiger partial charge in [0.25, 0.3) is 5.91 Å². The summed E-state index contributed by atoms with van der Waals surface area (Å²) in [7, 11) is 1.67. The van der Waals surface area contributed by atoms with E-state index in [1.165, 1.54) is 22.2 Å². The second kappa shape index (κ2) is 11.0. The molecule has 2 amide bonds. The van der Waals surface area contributed by atoms with Gasteiger partial charge in [-0.2, -0.15) is 5.26 Å². The largest absolute Gasteiger partial charge is 0.344 e. The molecule has 1 aliphatic heterocycles. The molecule has 0 saturated heterocycles. The molecule has 1 aliphatic rings. The molecule has 0 atom stereocenters. The number of carbonyl (C=O) groups is 2. The first-order chi connectivity index (χ1) is 15.8. The third-order valence-electron chi connectivity index (χ3n) is 5.34. The van der Waals surface area contributed by atoms with Gasteiger partial charge in [0, 0.05) is 13.6 Å². The van der Waals surface area contributed by atoms with Crippen molar-refractivity contribution in [3.8, 4) is 6.07 Å². The van der Waals surface area contributed by atoms with Gasteiger partial charge in [0.15, 0.2) is 5.17 Å². The van der Waals surface area contributed by atoms with Gasteiger partial charge >= 0.3 is 0 Å². The van der Waals surface area contributed by atoms with E-state index in [4.69, 9.17) is 5.26 Å². The summed E-state index contributed by atoms with van der Waals surface area (Å²) in [5.41, 5.74) is 4.26. The smallest absolute Gasteiger partial charge is 0.283 e. The van der Waals surface area contributed by atoms with Crippen molar-refractivity contribution in [1.29, 1.82) is 5.26 Å². The number of nitrogens with zero attached hydrogens (tertiary/aromatic N) is 4. The molecule has 170 valence electrons. The summed E-state index contributed by atoms with van der Waals surface area (Å²) in [5, 5.41) is 9.21. The van der Waals surface area contributed by atoms with E-state index in [-0.39, 0.29) is 24.0 Å². The molecular weight excluding hydrogens is 432 g/mol. The third-order valence-corrected chi connectivity index (χ3v) is 6.26. The van der Waals surface area contributed by atoms with Crippen molar-refractivity contribution in [1.82, 2.24) is 4.90 Å². The maximum atomic E-state index is 13.3. The van der Waals surface area contributed by atoms with Gasteiger partial charge in [-0.1, -0.05) is 67.6 Å². The number of amidine groups is 1. The Kier molecular flexibility index (Phi) is 8.07. The van der Waals surface area contributed by atoms with E-state index < -0.39 is 0 Å². The standard InChI is InChI=1S/C26H28N4O2S/c1-18(2)21-10-8-20(9-11-21)16-23-25(32)30(22-12-6-19(3)7-13-22)26(28-23)33-17-24(31)29(4)15-5-14-27/h6-13,16,18H,5,15,17H2,1-4H3/b23-16-. The molecule has 0 fully saturated rings. The molecule has 0 radical (unpaired) electrons. The van der Waals surface area contributed by atoms with Crippen LogP contribution in [0.5, 0.6) is 0 Å². The van der Waals surface area contributed by atoms with Gasteiger partial charge in [-0.05, 0) is 42.2 Å². The summed E-state index contributed by atoms with van der Waals surface area (Å²) in [5.74, 6) is 0.226. The Balaban J connectivity index is 1.86. The van der Waals surface area contributed by atoms with Crippen LogP contribution in [0, 0.1) is 18.3 Å². The molecule has 0 unspecified atom stereocenters. The first-order valence-corrected chi connectivity index (χ1v) is 11.8. The van der Waals surface area contributed by atoms with Crippen molar-refractivity contribution >= 4 is 40.5 Å². The summed E-state index contributed by atoms with van der Waals surface area (Å²) < 4.78 is 0. The molecule has 0 N–H and O–H groups in total. The molecule has 0 bridgehead atoms. The van der Waals surface area contributed by atoms with Gasteiger partial charge in [0.05, 0.1) is 23.9 Å². The van der Waals surface area contributed by atoms with Crippen molar-refractivity contribution in [2.75, 3.05) is 24.2 Å². The maximum absolute atomic E-state index is 13.3. The summed E-state index contributed by atoms with van der Waals surface area (Å²) in [6.07, 6.45) is 2.06. The van der Waals surface area contributed by atoms with E-state index in [0.29, 0.717) is 29.0 Å². The van der Waals surface area contributed by atoms with Crippen LogP contribution in [0.2, 0.25) is 0 Å². The minimum atomic E-state index is -0.223. The molecule has 0 aliphatic carbocycles. The maximum Gasteiger partial charge on any atom is 0.283 e. The number of anilines is 1. The summed E-state index contributed by atoms with van der Waals surface area (Å²) in [6.45, 7) is 6.64. The zero-order chi connectivity index (χ0) is 24.0. The van der Waals surface area contributed by atoms with Gasteiger partial charge in [0.1, 0.15) is 5.70 Å². The van der Waals surface area contributed by atoms with Crippen LogP contribution in [0.3, 0.4) is 0 Å². The Bertz CT molecular complexity index is 1110. The van der Waals surface area contributed by atoms with E-state index in [0.717, 1.165) is 11.1 Å². The van der Waals surface area contributed by atoms with Crippen LogP contribution in [-0.2, 0) is 9.59 Å². The lowest BCUT2D eigenvalue weighted by molar-refractivity contribution is -0.127. The minimum absolute atomic E-state index is 0.115. The van der Waals surface area contributed by atoms with Crippen LogP contribution in [-0.4, -0.2) is 41.2 Å². The monoisotopic (exact) mass is 460 g/mol. The molecule has 0 saturated carbocycles. The van der Waals surface area contributed by atoms with Crippen LogP contribution in [0.15, 0.2) is 59.2 Å². The van der Waals surface area contributed by atoms with Gasteiger partial charge in [-0.15, -0.1) is 0 Å². The molecule has 6 nitrogen and oxygen atoms in total. The molecule has 2 aromatic carbocycles. The highest BCUT2D eigenvalue weighted by Crippen LogP contribution is 2.30. The summed E-state index contributed by atoms with van der Waals surface area (Å²) >= 11 is 1.23. The van der Waals surface area contributed by atoms with Gasteiger partial charge in [-0.25, -0.2) is 4.99 Å². The van der Waals surface area contributed by atoms with Gasteiger partial charge in [0.2, 0.25) is 5.91 Å². The average molecular weight is 461 g/mol. The molecular formula is C26H28N4O2S. The molecule has 0 spiro atoms. The first-order valence-electron chi connectivity index (χ1n) is 10.9. The lowest BCUT2D eigenvalue weighted by Gasteiger charge is -2.19. The van der Waals surface area contributed by atoms with Crippen LogP contribution in [0.25, 0.3) is 6.08 Å². The van der Waals surface area contributed by atoms with Crippen LogP contribution < -0.4 is 4.90 Å². The SMILES string of the molecule is Cc1ccc(N2C(=O)/C(=C/c3ccc(C(C)C)cc3)N=C2SCC(=O)N(C)CCC#N)cc1. The second-order valence-corrected chi connectivity index (χ2v) is 9.18. The number of benzene rings is 2.